The van der Waals surface area contributed by atoms with Crippen LogP contribution in [0.2, 0.25) is 10.0 Å². The summed E-state index contributed by atoms with van der Waals surface area (Å²) in [5, 5.41) is 6.69. The Morgan fingerprint density at radius 1 is 1.18 bits per heavy atom. The second kappa shape index (κ2) is 11.7. The number of aryl methyl sites for hydroxylation is 1. The molecule has 1 saturated carbocycles. The van der Waals surface area contributed by atoms with E-state index in [2.05, 4.69) is 22.2 Å². The standard InChI is InChI=1S/C30H29Cl2N5O3/c1-5-20(38)11-18-8-6-7-16(2)27(18)36-30-34-15-19-12-21(35-29(28(19)37-30)33-14-17-9-10-17)24-25(31)22(39-3)13-23(40-4)26(24)32/h5-8,12-13,15,17H,1,9-11,14H2,2-4H3,(H,33,35)(H,34,36,37)/i3D3,4D3. The topological polar surface area (TPSA) is 98.3 Å². The van der Waals surface area contributed by atoms with E-state index in [1.165, 1.54) is 6.08 Å². The van der Waals surface area contributed by atoms with Crippen LogP contribution < -0.4 is 20.1 Å². The van der Waals surface area contributed by atoms with Gasteiger partial charge in [-0.1, -0.05) is 48.0 Å². The SMILES string of the molecule is [2H]C([2H])([2H])Oc1cc(OC([2H])([2H])[2H])c(Cl)c(-c2cc3cnc(Nc4c(C)cccc4CC(=O)C=C)nc3c(NCC3CC3)n2)c1Cl. The van der Waals surface area contributed by atoms with Crippen LogP contribution in [0, 0.1) is 12.8 Å². The number of hydrogen-bond acceptors (Lipinski definition) is 8. The van der Waals surface area contributed by atoms with Gasteiger partial charge in [0.15, 0.2) is 11.6 Å². The molecule has 0 unspecified atom stereocenters. The van der Waals surface area contributed by atoms with Crippen molar-refractivity contribution >= 4 is 57.3 Å². The lowest BCUT2D eigenvalue weighted by molar-refractivity contribution is -0.114. The summed E-state index contributed by atoms with van der Waals surface area (Å²) in [6.45, 7) is 6.08. The van der Waals surface area contributed by atoms with E-state index in [1.807, 2.05) is 25.1 Å². The predicted molar refractivity (Wildman–Crippen MR) is 160 cm³/mol. The third-order valence-corrected chi connectivity index (χ3v) is 7.37. The molecule has 0 saturated heterocycles. The molecule has 2 aromatic heterocycles. The van der Waals surface area contributed by atoms with E-state index in [0.717, 1.165) is 30.0 Å². The van der Waals surface area contributed by atoms with Crippen LogP contribution in [0.3, 0.4) is 0 Å². The van der Waals surface area contributed by atoms with Crippen molar-refractivity contribution in [3.05, 3.63) is 70.4 Å². The Bertz CT molecular complexity index is 1790. The number of ketones is 1. The number of rotatable bonds is 11. The molecular weight excluding hydrogens is 549 g/mol. The maximum Gasteiger partial charge on any atom is 0.227 e. The number of fused-ring (bicyclic) bond motifs is 1. The van der Waals surface area contributed by atoms with Gasteiger partial charge in [0.1, 0.15) is 17.0 Å². The van der Waals surface area contributed by atoms with E-state index < -0.39 is 14.1 Å². The third-order valence-electron chi connectivity index (χ3n) is 6.62. The van der Waals surface area contributed by atoms with Gasteiger partial charge in [-0.3, -0.25) is 4.79 Å². The van der Waals surface area contributed by atoms with Crippen molar-refractivity contribution in [1.82, 2.24) is 15.0 Å². The van der Waals surface area contributed by atoms with E-state index in [1.54, 1.807) is 12.3 Å². The van der Waals surface area contributed by atoms with E-state index in [-0.39, 0.29) is 51.0 Å². The number of anilines is 3. The van der Waals surface area contributed by atoms with E-state index in [4.69, 9.17) is 50.9 Å². The molecule has 40 heavy (non-hydrogen) atoms. The van der Waals surface area contributed by atoms with Gasteiger partial charge >= 0.3 is 0 Å². The first-order chi connectivity index (χ1) is 21.6. The maximum absolute atomic E-state index is 12.1. The highest BCUT2D eigenvalue weighted by molar-refractivity contribution is 6.41. The number of hydrogen-bond donors (Lipinski definition) is 2. The average Bonchev–Trinajstić information content (AvgIpc) is 3.79. The third kappa shape index (κ3) is 5.69. The van der Waals surface area contributed by atoms with Gasteiger partial charge in [-0.15, -0.1) is 0 Å². The maximum atomic E-state index is 12.1. The van der Waals surface area contributed by atoms with Gasteiger partial charge in [-0.05, 0) is 49.0 Å². The largest absolute Gasteiger partial charge is 0.495 e. The fraction of sp³-hybridized carbons (Fsp3) is 0.267. The minimum Gasteiger partial charge on any atom is -0.495 e. The number of nitrogens with one attached hydrogen (secondary N) is 2. The second-order valence-corrected chi connectivity index (χ2v) is 10.2. The Morgan fingerprint density at radius 2 is 1.93 bits per heavy atom. The smallest absolute Gasteiger partial charge is 0.227 e. The van der Waals surface area contributed by atoms with E-state index in [0.29, 0.717) is 34.9 Å². The molecule has 0 bridgehead atoms. The summed E-state index contributed by atoms with van der Waals surface area (Å²) in [4.78, 5) is 26.1. The van der Waals surface area contributed by atoms with Crippen molar-refractivity contribution in [3.8, 4) is 22.8 Å². The minimum atomic E-state index is -2.91. The highest BCUT2D eigenvalue weighted by atomic mass is 35.5. The van der Waals surface area contributed by atoms with Crippen LogP contribution in [0.5, 0.6) is 11.5 Å². The highest BCUT2D eigenvalue weighted by Gasteiger charge is 2.24. The molecule has 2 heterocycles. The molecule has 2 N–H and O–H groups in total. The number of pyridine rings is 1. The van der Waals surface area contributed by atoms with Gasteiger partial charge < -0.3 is 20.1 Å². The molecular formula is C30H29Cl2N5O3. The lowest BCUT2D eigenvalue weighted by atomic mass is 10.0. The summed E-state index contributed by atoms with van der Waals surface area (Å²) in [6.07, 6.45) is 5.12. The number of para-hydroxylation sites is 1. The molecule has 10 heteroatoms. The number of benzene rings is 2. The lowest BCUT2D eigenvalue weighted by Crippen LogP contribution is -2.09. The van der Waals surface area contributed by atoms with Crippen LogP contribution in [0.4, 0.5) is 17.5 Å². The van der Waals surface area contributed by atoms with Crippen LogP contribution in [-0.4, -0.2) is 41.4 Å². The zero-order valence-corrected chi connectivity index (χ0v) is 23.0. The molecule has 2 aromatic carbocycles. The van der Waals surface area contributed by atoms with Gasteiger partial charge in [0.2, 0.25) is 5.95 Å². The quantitative estimate of drug-likeness (QED) is 0.179. The molecule has 0 radical (unpaired) electrons. The minimum absolute atomic E-state index is 0.000607. The van der Waals surface area contributed by atoms with Crippen molar-refractivity contribution in [3.63, 3.8) is 0 Å². The Hall–Kier alpha value is -3.88. The number of carbonyl (C=O) groups is 1. The van der Waals surface area contributed by atoms with E-state index >= 15 is 0 Å². The van der Waals surface area contributed by atoms with E-state index in [9.17, 15) is 4.79 Å². The molecule has 0 spiro atoms. The number of allylic oxidation sites excluding steroid dienone is 1. The summed E-state index contributed by atoms with van der Waals surface area (Å²) in [7, 11) is -5.82. The fourth-order valence-electron chi connectivity index (χ4n) is 4.30. The summed E-state index contributed by atoms with van der Waals surface area (Å²) in [6, 6.07) is 8.22. The predicted octanol–water partition coefficient (Wildman–Crippen LogP) is 7.19. The molecule has 206 valence electrons. The second-order valence-electron chi connectivity index (χ2n) is 9.47. The van der Waals surface area contributed by atoms with Gasteiger partial charge in [-0.25, -0.2) is 15.0 Å². The van der Waals surface area contributed by atoms with Gasteiger partial charge in [0.05, 0.1) is 38.0 Å². The summed E-state index contributed by atoms with van der Waals surface area (Å²) < 4.78 is 55.5. The molecule has 5 rings (SSSR count). The lowest BCUT2D eigenvalue weighted by Gasteiger charge is -2.17. The van der Waals surface area contributed by atoms with Gasteiger partial charge in [0.25, 0.3) is 0 Å². The number of halogens is 2. The molecule has 1 aliphatic rings. The molecule has 1 aliphatic carbocycles. The molecule has 0 amide bonds. The first-order valence-electron chi connectivity index (χ1n) is 15.4. The van der Waals surface area contributed by atoms with Crippen molar-refractivity contribution in [1.29, 1.82) is 0 Å². The Balaban J connectivity index is 1.64. The van der Waals surface area contributed by atoms with Gasteiger partial charge in [-0.2, -0.15) is 0 Å². The summed E-state index contributed by atoms with van der Waals surface area (Å²) >= 11 is 13.3. The van der Waals surface area contributed by atoms with Crippen molar-refractivity contribution < 1.29 is 22.5 Å². The molecule has 0 atom stereocenters. The Morgan fingerprint density at radius 3 is 2.60 bits per heavy atom. The van der Waals surface area contributed by atoms with Crippen LogP contribution in [0.25, 0.3) is 22.2 Å². The monoisotopic (exact) mass is 583 g/mol. The molecule has 1 fully saturated rings. The zero-order valence-electron chi connectivity index (χ0n) is 27.5. The molecule has 0 aliphatic heterocycles. The van der Waals surface area contributed by atoms with Crippen LogP contribution in [0.15, 0.2) is 49.2 Å². The van der Waals surface area contributed by atoms with Crippen molar-refractivity contribution in [2.75, 3.05) is 31.3 Å². The number of nitrogens with zero attached hydrogens (tertiary/aromatic N) is 3. The molecule has 4 aromatic rings. The fourth-order valence-corrected chi connectivity index (χ4v) is 4.92. The van der Waals surface area contributed by atoms with Crippen LogP contribution in [-0.2, 0) is 11.2 Å². The first-order valence-corrected chi connectivity index (χ1v) is 13.2. The van der Waals surface area contributed by atoms with Crippen molar-refractivity contribution in [2.24, 2.45) is 5.92 Å². The Kier molecular flexibility index (Phi) is 6.13. The normalized spacial score (nSPS) is 15.6. The summed E-state index contributed by atoms with van der Waals surface area (Å²) in [5.41, 5.74) is 2.96. The number of carbonyl (C=O) groups excluding carboxylic acids is 1. The van der Waals surface area contributed by atoms with Gasteiger partial charge in [0, 0.05) is 41.9 Å². The highest BCUT2D eigenvalue weighted by Crippen LogP contribution is 2.46. The summed E-state index contributed by atoms with van der Waals surface area (Å²) in [5.74, 6) is 0.220. The first kappa shape index (κ1) is 20.9. The van der Waals surface area contributed by atoms with Crippen LogP contribution >= 0.6 is 23.2 Å². The van der Waals surface area contributed by atoms with Crippen molar-refractivity contribution in [2.45, 2.75) is 26.2 Å². The average molecular weight is 585 g/mol. The van der Waals surface area contributed by atoms with Crippen LogP contribution in [0.1, 0.15) is 32.2 Å². The Labute approximate surface area is 251 Å². The zero-order chi connectivity index (χ0) is 33.4. The molecule has 8 nitrogen and oxygen atoms in total. The number of ether oxygens (including phenoxy) is 2. The number of aromatic nitrogens is 3. The number of methoxy groups -OCH3 is 2.